The second-order valence-electron chi connectivity index (χ2n) is 10.4. The Hall–Kier alpha value is -2.57. The summed E-state index contributed by atoms with van der Waals surface area (Å²) in [5.41, 5.74) is -1.65. The van der Waals surface area contributed by atoms with E-state index in [1.807, 2.05) is 26.0 Å². The molecule has 0 fully saturated rings. The molecule has 0 N–H and O–H groups in total. The van der Waals surface area contributed by atoms with Gasteiger partial charge in [0.25, 0.3) is 0 Å². The van der Waals surface area contributed by atoms with Crippen molar-refractivity contribution in [2.75, 3.05) is 11.5 Å². The van der Waals surface area contributed by atoms with Gasteiger partial charge in [-0.2, -0.15) is 0 Å². The Bertz CT molecular complexity index is 864. The van der Waals surface area contributed by atoms with E-state index in [1.54, 1.807) is 60.6 Å². The summed E-state index contributed by atoms with van der Waals surface area (Å²) >= 11 is 0. The molecule has 2 rings (SSSR count). The Kier molecular flexibility index (Phi) is 7.32. The van der Waals surface area contributed by atoms with Crippen molar-refractivity contribution in [1.29, 1.82) is 0 Å². The average molecular weight is 448 g/mol. The van der Waals surface area contributed by atoms with Crippen molar-refractivity contribution in [3.8, 4) is 0 Å². The third-order valence-corrected chi connectivity index (χ3v) is 5.30. The van der Waals surface area contributed by atoms with Crippen LogP contribution < -0.4 is 4.90 Å². The Morgan fingerprint density at radius 3 is 2.06 bits per heavy atom. The molecular formula is C25H37NO6. The molecule has 1 heterocycles. The summed E-state index contributed by atoms with van der Waals surface area (Å²) < 4.78 is 16.8. The fraction of sp³-hybridized carbons (Fsp3) is 0.640. The quantitative estimate of drug-likeness (QED) is 0.455. The number of esters is 2. The van der Waals surface area contributed by atoms with Crippen LogP contribution in [0.4, 0.5) is 10.5 Å². The molecule has 7 nitrogen and oxygen atoms in total. The molecule has 0 bridgehead atoms. The molecule has 0 spiro atoms. The highest BCUT2D eigenvalue weighted by atomic mass is 16.6. The summed E-state index contributed by atoms with van der Waals surface area (Å²) in [6.07, 6.45) is -0.733. The zero-order valence-electron chi connectivity index (χ0n) is 20.8. The summed E-state index contributed by atoms with van der Waals surface area (Å²) in [5.74, 6) is -2.04. The van der Waals surface area contributed by atoms with Gasteiger partial charge in [0.05, 0.1) is 18.7 Å². The van der Waals surface area contributed by atoms with Gasteiger partial charge in [-0.3, -0.25) is 9.69 Å². The number of anilines is 1. The second kappa shape index (κ2) is 9.12. The van der Waals surface area contributed by atoms with Crippen molar-refractivity contribution in [3.63, 3.8) is 0 Å². The van der Waals surface area contributed by atoms with Crippen LogP contribution in [0.15, 0.2) is 24.3 Å². The Morgan fingerprint density at radius 1 is 1.00 bits per heavy atom. The first-order valence-electron chi connectivity index (χ1n) is 11.2. The van der Waals surface area contributed by atoms with E-state index in [2.05, 4.69) is 0 Å². The van der Waals surface area contributed by atoms with Crippen LogP contribution in [0.5, 0.6) is 0 Å². The number of fused-ring (bicyclic) bond motifs is 1. The van der Waals surface area contributed by atoms with Gasteiger partial charge in [-0.1, -0.05) is 32.0 Å². The summed E-state index contributed by atoms with van der Waals surface area (Å²) in [6.45, 7) is 16.3. The molecule has 0 saturated heterocycles. The van der Waals surface area contributed by atoms with Gasteiger partial charge in [0, 0.05) is 5.92 Å². The highest BCUT2D eigenvalue weighted by molar-refractivity contribution is 6.04. The molecule has 32 heavy (non-hydrogen) atoms. The molecule has 0 radical (unpaired) electrons. The predicted molar refractivity (Wildman–Crippen MR) is 123 cm³/mol. The fourth-order valence-electron chi connectivity index (χ4n) is 4.33. The lowest BCUT2D eigenvalue weighted by Crippen LogP contribution is -2.62. The number of ether oxygens (including phenoxy) is 3. The van der Waals surface area contributed by atoms with Gasteiger partial charge in [0.1, 0.15) is 11.2 Å². The molecule has 0 aliphatic carbocycles. The van der Waals surface area contributed by atoms with Crippen molar-refractivity contribution in [3.05, 3.63) is 29.8 Å². The van der Waals surface area contributed by atoms with Crippen LogP contribution in [0.1, 0.15) is 80.2 Å². The lowest BCUT2D eigenvalue weighted by atomic mass is 9.72. The third-order valence-electron chi connectivity index (χ3n) is 5.30. The van der Waals surface area contributed by atoms with E-state index in [4.69, 9.17) is 14.2 Å². The number of para-hydroxylation sites is 1. The molecule has 0 aromatic heterocycles. The van der Waals surface area contributed by atoms with Gasteiger partial charge < -0.3 is 14.2 Å². The monoisotopic (exact) mass is 447 g/mol. The van der Waals surface area contributed by atoms with Gasteiger partial charge in [0.15, 0.2) is 5.54 Å². The summed E-state index contributed by atoms with van der Waals surface area (Å²) in [7, 11) is 0. The predicted octanol–water partition coefficient (Wildman–Crippen LogP) is 5.22. The van der Waals surface area contributed by atoms with Crippen LogP contribution in [0.25, 0.3) is 0 Å². The van der Waals surface area contributed by atoms with E-state index in [1.165, 1.54) is 4.90 Å². The van der Waals surface area contributed by atoms with E-state index >= 15 is 0 Å². The van der Waals surface area contributed by atoms with Gasteiger partial charge in [-0.15, -0.1) is 0 Å². The summed E-state index contributed by atoms with van der Waals surface area (Å²) in [4.78, 5) is 41.4. The highest BCUT2D eigenvalue weighted by Crippen LogP contribution is 2.54. The Morgan fingerprint density at radius 2 is 1.56 bits per heavy atom. The van der Waals surface area contributed by atoms with Gasteiger partial charge >= 0.3 is 18.0 Å². The molecule has 178 valence electrons. The summed E-state index contributed by atoms with van der Waals surface area (Å²) in [5, 5.41) is 0. The van der Waals surface area contributed by atoms with Crippen LogP contribution in [-0.4, -0.2) is 41.4 Å². The zero-order valence-corrected chi connectivity index (χ0v) is 20.8. The summed E-state index contributed by atoms with van der Waals surface area (Å²) in [6, 6.07) is 7.23. The molecule has 1 aliphatic heterocycles. The van der Waals surface area contributed by atoms with Crippen molar-refractivity contribution in [1.82, 2.24) is 0 Å². The average Bonchev–Trinajstić information content (AvgIpc) is 2.90. The largest absolute Gasteiger partial charge is 0.464 e. The molecule has 1 amide bonds. The van der Waals surface area contributed by atoms with E-state index in [0.29, 0.717) is 11.3 Å². The molecule has 2 atom stereocenters. The Balaban J connectivity index is 2.72. The number of benzene rings is 1. The van der Waals surface area contributed by atoms with Gasteiger partial charge in [0.2, 0.25) is 0 Å². The fourth-order valence-corrected chi connectivity index (χ4v) is 4.33. The zero-order chi connectivity index (χ0) is 24.5. The van der Waals surface area contributed by atoms with Crippen molar-refractivity contribution in [2.45, 2.75) is 91.4 Å². The molecule has 1 aliphatic rings. The van der Waals surface area contributed by atoms with E-state index in [0.717, 1.165) is 0 Å². The number of amides is 1. The first-order chi connectivity index (χ1) is 14.6. The van der Waals surface area contributed by atoms with Crippen LogP contribution >= 0.6 is 0 Å². The lowest BCUT2D eigenvalue weighted by molar-refractivity contribution is -0.158. The number of hydrogen-bond donors (Lipinski definition) is 0. The maximum absolute atomic E-state index is 13.6. The molecule has 0 saturated carbocycles. The Labute approximate surface area is 191 Å². The minimum absolute atomic E-state index is 0.0788. The maximum atomic E-state index is 13.6. The van der Waals surface area contributed by atoms with Crippen LogP contribution in [0, 0.1) is 5.92 Å². The highest BCUT2D eigenvalue weighted by Gasteiger charge is 2.63. The van der Waals surface area contributed by atoms with E-state index in [-0.39, 0.29) is 18.9 Å². The third kappa shape index (κ3) is 5.08. The van der Waals surface area contributed by atoms with Crippen molar-refractivity contribution < 1.29 is 28.6 Å². The standard InChI is InChI=1S/C25H37NO6/c1-10-30-21(28)25(16(2)3)18(15-20(27)31-23(4,5)6)17-13-11-12-14-19(17)26(25)22(29)32-24(7,8)9/h11-14,16,18H,10,15H2,1-9H3/t18-,25+/m0/s1. The number of hydrogen-bond acceptors (Lipinski definition) is 6. The minimum Gasteiger partial charge on any atom is -0.464 e. The first kappa shape index (κ1) is 25.7. The molecule has 1 aromatic rings. The minimum atomic E-state index is -1.46. The van der Waals surface area contributed by atoms with Crippen molar-refractivity contribution >= 4 is 23.7 Å². The number of carbonyl (C=O) groups excluding carboxylic acids is 3. The molecule has 0 unspecified atom stereocenters. The topological polar surface area (TPSA) is 82.1 Å². The van der Waals surface area contributed by atoms with Crippen molar-refractivity contribution in [2.24, 2.45) is 5.92 Å². The number of rotatable bonds is 5. The van der Waals surface area contributed by atoms with Crippen LogP contribution in [0.3, 0.4) is 0 Å². The number of carbonyl (C=O) groups is 3. The first-order valence-corrected chi connectivity index (χ1v) is 11.2. The van der Waals surface area contributed by atoms with Crippen LogP contribution in [-0.2, 0) is 23.8 Å². The maximum Gasteiger partial charge on any atom is 0.415 e. The second-order valence-corrected chi connectivity index (χ2v) is 10.4. The molecular weight excluding hydrogens is 410 g/mol. The molecule has 1 aromatic carbocycles. The number of nitrogens with zero attached hydrogens (tertiary/aromatic N) is 1. The van der Waals surface area contributed by atoms with E-state index in [9.17, 15) is 14.4 Å². The van der Waals surface area contributed by atoms with Crippen LogP contribution in [0.2, 0.25) is 0 Å². The SMILES string of the molecule is CCOC(=O)[C@@]1(C(C)C)[C@@H](CC(=O)OC(C)(C)C)c2ccccc2N1C(=O)OC(C)(C)C. The van der Waals surface area contributed by atoms with Gasteiger partial charge in [-0.05, 0) is 66.0 Å². The molecule has 7 heteroatoms. The van der Waals surface area contributed by atoms with Gasteiger partial charge in [-0.25, -0.2) is 9.59 Å². The van der Waals surface area contributed by atoms with E-state index < -0.39 is 40.7 Å². The lowest BCUT2D eigenvalue weighted by Gasteiger charge is -2.43. The normalized spacial score (nSPS) is 20.7. The smallest absolute Gasteiger partial charge is 0.415 e.